The van der Waals surface area contributed by atoms with Crippen LogP contribution in [-0.2, 0) is 9.59 Å². The van der Waals surface area contributed by atoms with E-state index in [1.54, 1.807) is 11.8 Å². The minimum atomic E-state index is 0.0164. The Bertz CT molecular complexity index is 430. The maximum atomic E-state index is 12.2. The molecule has 0 bridgehead atoms. The predicted molar refractivity (Wildman–Crippen MR) is 72.2 cm³/mol. The first kappa shape index (κ1) is 12.3. The molecule has 0 saturated carbocycles. The molecule has 1 fully saturated rings. The lowest BCUT2D eigenvalue weighted by Gasteiger charge is -2.40. The smallest absolute Gasteiger partial charge is 0.226 e. The Balaban J connectivity index is 2.08. The van der Waals surface area contributed by atoms with Crippen molar-refractivity contribution in [3.05, 3.63) is 11.3 Å². The highest BCUT2D eigenvalue weighted by atomic mass is 32.2. The fraction of sp³-hybridized carbons (Fsp3) is 0.714. The minimum Gasteiger partial charge on any atom is -0.316 e. The third kappa shape index (κ3) is 1.81. The van der Waals surface area contributed by atoms with Gasteiger partial charge in [0.1, 0.15) is 0 Å². The molecular formula is C14H19NO2S. The van der Waals surface area contributed by atoms with Crippen molar-refractivity contribution in [2.45, 2.75) is 43.8 Å². The molecule has 2 aliphatic heterocycles. The number of nitrogens with zero attached hydrogens (tertiary/aromatic N) is 1. The third-order valence-electron chi connectivity index (χ3n) is 4.38. The van der Waals surface area contributed by atoms with Gasteiger partial charge in [0, 0.05) is 31.0 Å². The number of Topliss-reactive ketones (excluding diaryl/α,β-unsaturated/α-hetero) is 1. The fourth-order valence-electron chi connectivity index (χ4n) is 3.60. The maximum Gasteiger partial charge on any atom is 0.226 e. The summed E-state index contributed by atoms with van der Waals surface area (Å²) in [4.78, 5) is 26.3. The Morgan fingerprint density at radius 2 is 2.06 bits per heavy atom. The molecule has 98 valence electrons. The monoisotopic (exact) mass is 265 g/mol. The largest absolute Gasteiger partial charge is 0.316 e. The van der Waals surface area contributed by atoms with Gasteiger partial charge in [0.05, 0.1) is 5.25 Å². The molecule has 1 aliphatic carbocycles. The highest BCUT2D eigenvalue weighted by Gasteiger charge is 2.42. The van der Waals surface area contributed by atoms with E-state index < -0.39 is 0 Å². The summed E-state index contributed by atoms with van der Waals surface area (Å²) in [6.45, 7) is 0.865. The Kier molecular flexibility index (Phi) is 3.22. The van der Waals surface area contributed by atoms with E-state index >= 15 is 0 Å². The highest BCUT2D eigenvalue weighted by Crippen LogP contribution is 2.43. The van der Waals surface area contributed by atoms with Crippen LogP contribution in [-0.4, -0.2) is 34.6 Å². The standard InChI is InChI=1S/C14H19NO2S/c1-18-14-10-4-2-3-7-15-12(17)6-5-9(13(10)15)8-11(14)16/h9,14H,2-8H2,1H3. The Morgan fingerprint density at radius 1 is 1.22 bits per heavy atom. The van der Waals surface area contributed by atoms with Crippen LogP contribution >= 0.6 is 11.8 Å². The summed E-state index contributed by atoms with van der Waals surface area (Å²) >= 11 is 1.64. The molecule has 3 nitrogen and oxygen atoms in total. The number of rotatable bonds is 1. The van der Waals surface area contributed by atoms with Crippen LogP contribution in [0.4, 0.5) is 0 Å². The first-order valence-electron chi connectivity index (χ1n) is 6.81. The molecule has 3 rings (SSSR count). The molecule has 4 heteroatoms. The van der Waals surface area contributed by atoms with Crippen molar-refractivity contribution < 1.29 is 9.59 Å². The van der Waals surface area contributed by atoms with Crippen LogP contribution in [0.1, 0.15) is 38.5 Å². The second-order valence-corrected chi connectivity index (χ2v) is 6.38. The van der Waals surface area contributed by atoms with Crippen LogP contribution in [0, 0.1) is 5.92 Å². The Labute approximate surface area is 112 Å². The van der Waals surface area contributed by atoms with Gasteiger partial charge in [-0.15, -0.1) is 11.8 Å². The van der Waals surface area contributed by atoms with Gasteiger partial charge < -0.3 is 4.90 Å². The average molecular weight is 265 g/mol. The molecule has 2 unspecified atom stereocenters. The van der Waals surface area contributed by atoms with Gasteiger partial charge >= 0.3 is 0 Å². The number of ketones is 1. The number of thioether (sulfide) groups is 1. The predicted octanol–water partition coefficient (Wildman–Crippen LogP) is 2.37. The normalized spacial score (nSPS) is 32.4. The number of hydrogen-bond donors (Lipinski definition) is 0. The number of amides is 1. The molecule has 0 aromatic rings. The summed E-state index contributed by atoms with van der Waals surface area (Å²) in [6.07, 6.45) is 7.34. The topological polar surface area (TPSA) is 37.4 Å². The molecule has 3 aliphatic rings. The first-order valence-corrected chi connectivity index (χ1v) is 8.10. The summed E-state index contributed by atoms with van der Waals surface area (Å²) in [7, 11) is 0. The zero-order valence-corrected chi connectivity index (χ0v) is 11.6. The van der Waals surface area contributed by atoms with Crippen molar-refractivity contribution in [3.8, 4) is 0 Å². The molecule has 2 heterocycles. The van der Waals surface area contributed by atoms with Crippen molar-refractivity contribution in [3.63, 3.8) is 0 Å². The van der Waals surface area contributed by atoms with Crippen LogP contribution in [0.2, 0.25) is 0 Å². The number of carbonyl (C=O) groups is 2. The van der Waals surface area contributed by atoms with Gasteiger partial charge in [0.2, 0.25) is 5.91 Å². The van der Waals surface area contributed by atoms with Crippen LogP contribution in [0.3, 0.4) is 0 Å². The van der Waals surface area contributed by atoms with Gasteiger partial charge in [-0.25, -0.2) is 0 Å². The lowest BCUT2D eigenvalue weighted by Crippen LogP contribution is -2.43. The summed E-state index contributed by atoms with van der Waals surface area (Å²) in [5.41, 5.74) is 2.51. The zero-order valence-electron chi connectivity index (χ0n) is 10.8. The van der Waals surface area contributed by atoms with E-state index in [9.17, 15) is 9.59 Å². The molecular weight excluding hydrogens is 246 g/mol. The summed E-state index contributed by atoms with van der Waals surface area (Å²) in [5.74, 6) is 0.976. The summed E-state index contributed by atoms with van der Waals surface area (Å²) in [6, 6.07) is 0. The number of carbonyl (C=O) groups excluding carboxylic acids is 2. The zero-order chi connectivity index (χ0) is 12.7. The number of allylic oxidation sites excluding steroid dienone is 1. The molecule has 0 radical (unpaired) electrons. The van der Waals surface area contributed by atoms with E-state index in [-0.39, 0.29) is 11.2 Å². The van der Waals surface area contributed by atoms with Crippen LogP contribution in [0.25, 0.3) is 0 Å². The third-order valence-corrected chi connectivity index (χ3v) is 5.40. The minimum absolute atomic E-state index is 0.0164. The molecule has 18 heavy (non-hydrogen) atoms. The molecule has 0 aromatic heterocycles. The van der Waals surface area contributed by atoms with Crippen molar-refractivity contribution in [2.24, 2.45) is 5.92 Å². The van der Waals surface area contributed by atoms with Gasteiger partial charge in [-0.05, 0) is 37.5 Å². The van der Waals surface area contributed by atoms with E-state index in [0.29, 0.717) is 24.5 Å². The number of piperidine rings is 1. The van der Waals surface area contributed by atoms with Gasteiger partial charge in [0.15, 0.2) is 5.78 Å². The second-order valence-electron chi connectivity index (χ2n) is 5.43. The lowest BCUT2D eigenvalue weighted by molar-refractivity contribution is -0.133. The van der Waals surface area contributed by atoms with Gasteiger partial charge in [0.25, 0.3) is 0 Å². The van der Waals surface area contributed by atoms with Crippen molar-refractivity contribution in [2.75, 3.05) is 12.8 Å². The van der Waals surface area contributed by atoms with Gasteiger partial charge in [-0.3, -0.25) is 9.59 Å². The van der Waals surface area contributed by atoms with Gasteiger partial charge in [-0.1, -0.05) is 0 Å². The fourth-order valence-corrected chi connectivity index (χ4v) is 4.48. The second kappa shape index (κ2) is 4.72. The molecule has 0 N–H and O–H groups in total. The molecule has 2 atom stereocenters. The maximum absolute atomic E-state index is 12.2. The van der Waals surface area contributed by atoms with E-state index in [4.69, 9.17) is 0 Å². The van der Waals surface area contributed by atoms with Crippen LogP contribution in [0.15, 0.2) is 11.3 Å². The summed E-state index contributed by atoms with van der Waals surface area (Å²) < 4.78 is 0. The van der Waals surface area contributed by atoms with Gasteiger partial charge in [-0.2, -0.15) is 0 Å². The highest BCUT2D eigenvalue weighted by molar-refractivity contribution is 8.00. The first-order chi connectivity index (χ1) is 8.72. The molecule has 0 aromatic carbocycles. The van der Waals surface area contributed by atoms with Crippen molar-refractivity contribution in [1.29, 1.82) is 0 Å². The SMILES string of the molecule is CSC1C(=O)CC2CCC(=O)N3CCCCC1=C23. The van der Waals surface area contributed by atoms with E-state index in [2.05, 4.69) is 0 Å². The Morgan fingerprint density at radius 3 is 2.83 bits per heavy atom. The van der Waals surface area contributed by atoms with Crippen molar-refractivity contribution in [1.82, 2.24) is 4.90 Å². The van der Waals surface area contributed by atoms with E-state index in [0.717, 1.165) is 32.2 Å². The van der Waals surface area contributed by atoms with Crippen LogP contribution in [0.5, 0.6) is 0 Å². The Hall–Kier alpha value is -0.770. The summed E-state index contributed by atoms with van der Waals surface area (Å²) in [5, 5.41) is 0.0164. The molecule has 1 saturated heterocycles. The van der Waals surface area contributed by atoms with E-state index in [1.807, 2.05) is 11.2 Å². The van der Waals surface area contributed by atoms with Crippen LogP contribution < -0.4 is 0 Å². The molecule has 0 spiro atoms. The average Bonchev–Trinajstić information content (AvgIpc) is 2.58. The van der Waals surface area contributed by atoms with E-state index in [1.165, 1.54) is 11.3 Å². The lowest BCUT2D eigenvalue weighted by atomic mass is 9.79. The number of hydrogen-bond acceptors (Lipinski definition) is 3. The molecule has 1 amide bonds. The quantitative estimate of drug-likeness (QED) is 0.730. The van der Waals surface area contributed by atoms with Crippen molar-refractivity contribution >= 4 is 23.5 Å².